The molecule has 0 spiro atoms. The lowest BCUT2D eigenvalue weighted by Crippen LogP contribution is -2.51. The SMILES string of the molecule is CC1(C(=O)O)COC(c2c[c]c(C(N)=O)cc2)(c2nc(-c3ccc(F)cc3)c(-c3ccnc(NCc4cccs4)n3)[nH]2)OC1. The zero-order valence-electron chi connectivity index (χ0n) is 23.3. The number of hydrogen-bond acceptors (Lipinski definition) is 9. The summed E-state index contributed by atoms with van der Waals surface area (Å²) < 4.78 is 26.4. The molecule has 0 unspecified atom stereocenters. The number of benzene rings is 2. The molecule has 3 aromatic heterocycles. The van der Waals surface area contributed by atoms with E-state index >= 15 is 0 Å². The molecule has 13 heteroatoms. The molecule has 0 atom stereocenters. The van der Waals surface area contributed by atoms with Gasteiger partial charge < -0.3 is 30.6 Å². The number of amides is 1. The van der Waals surface area contributed by atoms with Crippen LogP contribution >= 0.6 is 11.3 Å². The van der Waals surface area contributed by atoms with Gasteiger partial charge in [-0.2, -0.15) is 0 Å². The van der Waals surface area contributed by atoms with Gasteiger partial charge in [0.2, 0.25) is 11.9 Å². The Morgan fingerprint density at radius 1 is 1.14 bits per heavy atom. The molecule has 1 amide bonds. The highest BCUT2D eigenvalue weighted by molar-refractivity contribution is 7.09. The van der Waals surface area contributed by atoms with Crippen molar-refractivity contribution < 1.29 is 28.6 Å². The number of H-pyrrole nitrogens is 1. The molecule has 1 aliphatic rings. The van der Waals surface area contributed by atoms with Crippen molar-refractivity contribution >= 4 is 29.2 Å². The van der Waals surface area contributed by atoms with E-state index in [2.05, 4.69) is 21.4 Å². The van der Waals surface area contributed by atoms with Crippen molar-refractivity contribution in [2.45, 2.75) is 19.3 Å². The number of aromatic nitrogens is 4. The van der Waals surface area contributed by atoms with Crippen molar-refractivity contribution in [3.8, 4) is 22.6 Å². The smallest absolute Gasteiger partial charge is 0.314 e. The van der Waals surface area contributed by atoms with Gasteiger partial charge in [0.05, 0.1) is 36.8 Å². The summed E-state index contributed by atoms with van der Waals surface area (Å²) in [5, 5.41) is 15.0. The maximum atomic E-state index is 13.9. The molecule has 6 rings (SSSR count). The number of anilines is 1. The number of hydrogen-bond donors (Lipinski definition) is 4. The second-order valence-corrected chi connectivity index (χ2v) is 11.5. The highest BCUT2D eigenvalue weighted by atomic mass is 32.1. The van der Waals surface area contributed by atoms with Gasteiger partial charge in [0.1, 0.15) is 11.2 Å². The van der Waals surface area contributed by atoms with E-state index in [0.29, 0.717) is 40.7 Å². The van der Waals surface area contributed by atoms with Gasteiger partial charge in [0, 0.05) is 27.8 Å². The van der Waals surface area contributed by atoms with Crippen LogP contribution in [0.25, 0.3) is 22.6 Å². The third kappa shape index (κ3) is 5.55. The average molecular weight is 614 g/mol. The fourth-order valence-corrected chi connectivity index (χ4v) is 5.29. The predicted molar refractivity (Wildman–Crippen MR) is 159 cm³/mol. The number of ether oxygens (including phenoxy) is 2. The van der Waals surface area contributed by atoms with Crippen molar-refractivity contribution in [2.24, 2.45) is 11.1 Å². The van der Waals surface area contributed by atoms with Crippen LogP contribution in [0.15, 0.2) is 72.2 Å². The lowest BCUT2D eigenvalue weighted by Gasteiger charge is -2.42. The van der Waals surface area contributed by atoms with E-state index in [1.54, 1.807) is 41.8 Å². The van der Waals surface area contributed by atoms with E-state index in [1.807, 2.05) is 17.5 Å². The van der Waals surface area contributed by atoms with Crippen molar-refractivity contribution in [3.63, 3.8) is 0 Å². The first-order chi connectivity index (χ1) is 21.2. The van der Waals surface area contributed by atoms with Gasteiger partial charge in [-0.05, 0) is 66.9 Å². The van der Waals surface area contributed by atoms with Gasteiger partial charge in [-0.15, -0.1) is 11.3 Å². The number of nitrogens with zero attached hydrogens (tertiary/aromatic N) is 3. The first kappa shape index (κ1) is 29.1. The van der Waals surface area contributed by atoms with Gasteiger partial charge in [-0.25, -0.2) is 19.3 Å². The zero-order valence-corrected chi connectivity index (χ0v) is 24.2. The molecule has 0 bridgehead atoms. The number of carbonyl (C=O) groups is 2. The number of carboxylic acids is 1. The summed E-state index contributed by atoms with van der Waals surface area (Å²) >= 11 is 1.61. The number of nitrogens with one attached hydrogen (secondary N) is 2. The quantitative estimate of drug-likeness (QED) is 0.186. The summed E-state index contributed by atoms with van der Waals surface area (Å²) in [5.74, 6) is -3.33. The molecule has 223 valence electrons. The first-order valence-electron chi connectivity index (χ1n) is 13.5. The third-order valence-electron chi connectivity index (χ3n) is 7.21. The third-order valence-corrected chi connectivity index (χ3v) is 8.08. The molecule has 0 saturated carbocycles. The van der Waals surface area contributed by atoms with Gasteiger partial charge >= 0.3 is 5.97 Å². The van der Waals surface area contributed by atoms with Crippen molar-refractivity contribution in [2.75, 3.05) is 18.5 Å². The largest absolute Gasteiger partial charge is 0.481 e. The Morgan fingerprint density at radius 3 is 2.55 bits per heavy atom. The maximum Gasteiger partial charge on any atom is 0.314 e. The maximum absolute atomic E-state index is 13.9. The van der Waals surface area contributed by atoms with Crippen LogP contribution < -0.4 is 11.1 Å². The van der Waals surface area contributed by atoms with Gasteiger partial charge in [-0.3, -0.25) is 9.59 Å². The minimum Gasteiger partial charge on any atom is -0.481 e. The van der Waals surface area contributed by atoms with E-state index in [4.69, 9.17) is 25.2 Å². The Kier molecular flexibility index (Phi) is 7.67. The Labute approximate surface area is 254 Å². The first-order valence-corrected chi connectivity index (χ1v) is 14.3. The second-order valence-electron chi connectivity index (χ2n) is 10.4. The molecular formula is C31H26FN6O5S. The summed E-state index contributed by atoms with van der Waals surface area (Å²) in [7, 11) is 0. The molecule has 1 radical (unpaired) electrons. The monoisotopic (exact) mass is 613 g/mol. The van der Waals surface area contributed by atoms with Crippen LogP contribution in [-0.4, -0.2) is 50.1 Å². The van der Waals surface area contributed by atoms with E-state index < -0.39 is 28.9 Å². The second kappa shape index (κ2) is 11.6. The van der Waals surface area contributed by atoms with Crippen molar-refractivity contribution in [3.05, 3.63) is 106 Å². The number of primary amides is 1. The van der Waals surface area contributed by atoms with Gasteiger partial charge in [0.15, 0.2) is 5.82 Å². The van der Waals surface area contributed by atoms with E-state index in [9.17, 15) is 19.1 Å². The number of halogens is 1. The van der Waals surface area contributed by atoms with Crippen LogP contribution in [0.3, 0.4) is 0 Å². The number of aliphatic carboxylic acids is 1. The standard InChI is InChI=1S/C31H26FN6O5S/c1-30(28(40)41)16-42-31(43-17-30,20-8-4-19(5-9-20)26(33)39)27-37-24(18-6-10-21(32)11-7-18)25(38-27)23-12-13-34-29(36-23)35-15-22-3-2-14-44-22/h2-4,6-14H,15-17H2,1H3,(H2,33,39)(H,37,38)(H,40,41)(H,34,35,36). The molecule has 11 nitrogen and oxygen atoms in total. The van der Waals surface area contributed by atoms with Crippen LogP contribution in [0.2, 0.25) is 0 Å². The van der Waals surface area contributed by atoms with Crippen LogP contribution in [0.5, 0.6) is 0 Å². The predicted octanol–water partition coefficient (Wildman–Crippen LogP) is 4.58. The summed E-state index contributed by atoms with van der Waals surface area (Å²) in [5.41, 5.74) is 6.56. The summed E-state index contributed by atoms with van der Waals surface area (Å²) in [4.78, 5) is 42.0. The van der Waals surface area contributed by atoms with Crippen LogP contribution in [0, 0.1) is 17.3 Å². The highest BCUT2D eigenvalue weighted by Crippen LogP contribution is 2.43. The Balaban J connectivity index is 1.47. The van der Waals surface area contributed by atoms with Crippen molar-refractivity contribution in [1.82, 2.24) is 19.9 Å². The topological polar surface area (TPSA) is 165 Å². The van der Waals surface area contributed by atoms with Crippen LogP contribution in [0.4, 0.5) is 10.3 Å². The fourth-order valence-electron chi connectivity index (χ4n) is 4.65. The van der Waals surface area contributed by atoms with E-state index in [0.717, 1.165) is 4.88 Å². The summed E-state index contributed by atoms with van der Waals surface area (Å²) in [6, 6.07) is 18.8. The molecule has 5 N–H and O–H groups in total. The van der Waals surface area contributed by atoms with E-state index in [-0.39, 0.29) is 24.6 Å². The number of carbonyl (C=O) groups excluding carboxylic acids is 1. The van der Waals surface area contributed by atoms with Gasteiger partial charge in [0.25, 0.3) is 5.79 Å². The Hall–Kier alpha value is -4.98. The summed E-state index contributed by atoms with van der Waals surface area (Å²) in [6.45, 7) is 1.62. The molecule has 1 saturated heterocycles. The summed E-state index contributed by atoms with van der Waals surface area (Å²) in [6.07, 6.45) is 1.60. The number of imidazole rings is 1. The number of aromatic amines is 1. The molecule has 1 fully saturated rings. The zero-order chi connectivity index (χ0) is 30.9. The number of carboxylic acid groups (broad SMARTS) is 1. The minimum absolute atomic E-state index is 0.144. The highest BCUT2D eigenvalue weighted by Gasteiger charge is 2.51. The van der Waals surface area contributed by atoms with Crippen LogP contribution in [-0.2, 0) is 26.6 Å². The average Bonchev–Trinajstić information content (AvgIpc) is 3.72. The number of thiophene rings is 1. The fraction of sp³-hybridized carbons (Fsp3) is 0.194. The molecule has 2 aromatic carbocycles. The molecule has 0 aliphatic carbocycles. The van der Waals surface area contributed by atoms with Gasteiger partial charge in [-0.1, -0.05) is 12.1 Å². The molecule has 44 heavy (non-hydrogen) atoms. The number of rotatable bonds is 9. The van der Waals surface area contributed by atoms with Crippen LogP contribution in [0.1, 0.15) is 33.5 Å². The number of nitrogens with two attached hydrogens (primary N) is 1. The molecule has 5 aromatic rings. The lowest BCUT2D eigenvalue weighted by atomic mass is 9.90. The Morgan fingerprint density at radius 2 is 1.91 bits per heavy atom. The molecule has 1 aliphatic heterocycles. The lowest BCUT2D eigenvalue weighted by molar-refractivity contribution is -0.288. The molecule has 4 heterocycles. The minimum atomic E-state index is -1.72. The Bertz CT molecular complexity index is 1800. The van der Waals surface area contributed by atoms with E-state index in [1.165, 1.54) is 31.2 Å². The molecular weight excluding hydrogens is 587 g/mol. The van der Waals surface area contributed by atoms with Crippen molar-refractivity contribution in [1.29, 1.82) is 0 Å². The normalized spacial score (nSPS) is 19.9.